The molecule has 1 aliphatic rings. The number of benzene rings is 2. The molecule has 0 fully saturated rings. The second kappa shape index (κ2) is 6.83. The van der Waals surface area contributed by atoms with Gasteiger partial charge in [-0.15, -0.1) is 0 Å². The van der Waals surface area contributed by atoms with Gasteiger partial charge in [-0.05, 0) is 5.56 Å². The lowest BCUT2D eigenvalue weighted by molar-refractivity contribution is 0.0929. The van der Waals surface area contributed by atoms with Crippen LogP contribution in [-0.4, -0.2) is 22.3 Å². The first-order chi connectivity index (χ1) is 13.0. The lowest BCUT2D eigenvalue weighted by Gasteiger charge is -2.13. The zero-order valence-corrected chi connectivity index (χ0v) is 14.6. The van der Waals surface area contributed by atoms with Gasteiger partial charge in [0.15, 0.2) is 0 Å². The fourth-order valence-corrected chi connectivity index (χ4v) is 3.28. The van der Waals surface area contributed by atoms with Crippen LogP contribution in [0.2, 0.25) is 0 Å². The molecule has 0 radical (unpaired) electrons. The molecule has 0 bridgehead atoms. The number of hydrogen-bond acceptors (Lipinski definition) is 3. The molecule has 1 N–H and O–H groups in total. The van der Waals surface area contributed by atoms with E-state index in [1.165, 1.54) is 6.20 Å². The number of fused-ring (bicyclic) bond motifs is 1. The van der Waals surface area contributed by atoms with Crippen LogP contribution >= 0.6 is 0 Å². The Hall–Kier alpha value is -3.22. The monoisotopic (exact) mass is 369 g/mol. The fourth-order valence-electron chi connectivity index (χ4n) is 3.28. The number of halogens is 2. The Kier molecular flexibility index (Phi) is 4.35. The zero-order valence-electron chi connectivity index (χ0n) is 14.6. The Morgan fingerprint density at radius 1 is 1.30 bits per heavy atom. The van der Waals surface area contributed by atoms with Crippen molar-refractivity contribution >= 4 is 5.91 Å². The van der Waals surface area contributed by atoms with Crippen molar-refractivity contribution < 1.29 is 18.3 Å². The summed E-state index contributed by atoms with van der Waals surface area (Å²) in [7, 11) is 1.77. The third kappa shape index (κ3) is 3.28. The largest absolute Gasteiger partial charge is 0.490 e. The number of ether oxygens (including phenoxy) is 1. The second-order valence-electron chi connectivity index (χ2n) is 6.43. The van der Waals surface area contributed by atoms with Gasteiger partial charge in [0.2, 0.25) is 0 Å². The number of carbonyl (C=O) groups is 1. The minimum absolute atomic E-state index is 0.0513. The summed E-state index contributed by atoms with van der Waals surface area (Å²) in [6.45, 7) is 0.0513. The van der Waals surface area contributed by atoms with Gasteiger partial charge >= 0.3 is 0 Å². The van der Waals surface area contributed by atoms with E-state index in [0.717, 1.165) is 23.4 Å². The predicted molar refractivity (Wildman–Crippen MR) is 94.5 cm³/mol. The molecule has 27 heavy (non-hydrogen) atoms. The summed E-state index contributed by atoms with van der Waals surface area (Å²) in [5.41, 5.74) is 2.37. The van der Waals surface area contributed by atoms with Crippen LogP contribution < -0.4 is 10.1 Å². The normalized spacial score (nSPS) is 15.3. The van der Waals surface area contributed by atoms with Crippen molar-refractivity contribution in [3.8, 4) is 5.75 Å². The van der Waals surface area contributed by atoms with Gasteiger partial charge in [0.1, 0.15) is 24.0 Å². The van der Waals surface area contributed by atoms with Crippen molar-refractivity contribution in [2.45, 2.75) is 12.5 Å². The molecule has 1 unspecified atom stereocenters. The maximum atomic E-state index is 14.1. The van der Waals surface area contributed by atoms with E-state index in [1.807, 2.05) is 30.3 Å². The minimum atomic E-state index is -0.733. The molecule has 5 nitrogen and oxygen atoms in total. The summed E-state index contributed by atoms with van der Waals surface area (Å²) in [6.07, 6.45) is 2.03. The first-order valence-corrected chi connectivity index (χ1v) is 8.50. The van der Waals surface area contributed by atoms with E-state index in [2.05, 4.69) is 10.4 Å². The number of hydrogen-bond donors (Lipinski definition) is 1. The summed E-state index contributed by atoms with van der Waals surface area (Å²) in [4.78, 5) is 12.8. The highest BCUT2D eigenvalue weighted by Gasteiger charge is 2.31. The standard InChI is InChI=1S/C20H17F2N3O2/c1-25-17(7-12-5-3-2-4-6-12)14(10-23-25)20(26)24-16-11-27-18-9-13(21)8-15(22)19(16)18/h2-6,8-10,16H,7,11H2,1H3,(H,24,26). The summed E-state index contributed by atoms with van der Waals surface area (Å²) in [5, 5.41) is 6.95. The van der Waals surface area contributed by atoms with Crippen LogP contribution in [0.5, 0.6) is 5.75 Å². The first-order valence-electron chi connectivity index (χ1n) is 8.50. The molecule has 0 saturated carbocycles. The third-order valence-electron chi connectivity index (χ3n) is 4.64. The highest BCUT2D eigenvalue weighted by molar-refractivity contribution is 5.95. The van der Waals surface area contributed by atoms with Gasteiger partial charge in [0.25, 0.3) is 5.91 Å². The van der Waals surface area contributed by atoms with E-state index in [4.69, 9.17) is 4.74 Å². The predicted octanol–water partition coefficient (Wildman–Crippen LogP) is 3.15. The average molecular weight is 369 g/mol. The maximum absolute atomic E-state index is 14.1. The first kappa shape index (κ1) is 17.2. The van der Waals surface area contributed by atoms with Gasteiger partial charge in [-0.2, -0.15) is 5.10 Å². The van der Waals surface area contributed by atoms with Crippen LogP contribution in [0.4, 0.5) is 8.78 Å². The van der Waals surface area contributed by atoms with E-state index in [1.54, 1.807) is 11.7 Å². The molecule has 2 aromatic carbocycles. The quantitative estimate of drug-likeness (QED) is 0.769. The minimum Gasteiger partial charge on any atom is -0.490 e. The van der Waals surface area contributed by atoms with Gasteiger partial charge in [-0.3, -0.25) is 9.48 Å². The Balaban J connectivity index is 1.58. The molecule has 1 aliphatic heterocycles. The fraction of sp³-hybridized carbons (Fsp3) is 0.200. The van der Waals surface area contributed by atoms with Gasteiger partial charge in [0.05, 0.1) is 29.1 Å². The van der Waals surface area contributed by atoms with Crippen molar-refractivity contribution in [3.05, 3.63) is 82.7 Å². The van der Waals surface area contributed by atoms with Crippen molar-refractivity contribution in [3.63, 3.8) is 0 Å². The van der Waals surface area contributed by atoms with Gasteiger partial charge in [0, 0.05) is 25.6 Å². The van der Waals surface area contributed by atoms with Crippen LogP contribution in [0, 0.1) is 11.6 Å². The van der Waals surface area contributed by atoms with Crippen LogP contribution in [0.3, 0.4) is 0 Å². The molecule has 1 amide bonds. The Morgan fingerprint density at radius 2 is 2.07 bits per heavy atom. The SMILES string of the molecule is Cn1ncc(C(=O)NC2COc3cc(F)cc(F)c32)c1Cc1ccccc1. The summed E-state index contributed by atoms with van der Waals surface area (Å²) < 4.78 is 34.4. The van der Waals surface area contributed by atoms with Gasteiger partial charge < -0.3 is 10.1 Å². The van der Waals surface area contributed by atoms with Crippen molar-refractivity contribution in [2.75, 3.05) is 6.61 Å². The highest BCUT2D eigenvalue weighted by atomic mass is 19.1. The number of nitrogens with one attached hydrogen (secondary N) is 1. The molecule has 4 rings (SSSR count). The number of aromatic nitrogens is 2. The molecule has 0 saturated heterocycles. The van der Waals surface area contributed by atoms with E-state index in [9.17, 15) is 13.6 Å². The Morgan fingerprint density at radius 3 is 2.85 bits per heavy atom. The lowest BCUT2D eigenvalue weighted by Crippen LogP contribution is -2.30. The smallest absolute Gasteiger partial charge is 0.255 e. The Bertz CT molecular complexity index is 1000. The van der Waals surface area contributed by atoms with Crippen LogP contribution in [-0.2, 0) is 13.5 Å². The molecular weight excluding hydrogens is 352 g/mol. The van der Waals surface area contributed by atoms with Crippen molar-refractivity contribution in [1.82, 2.24) is 15.1 Å². The number of carbonyl (C=O) groups excluding carboxylic acids is 1. The zero-order chi connectivity index (χ0) is 19.0. The van der Waals surface area contributed by atoms with Gasteiger partial charge in [-0.1, -0.05) is 30.3 Å². The molecule has 3 aromatic rings. The molecule has 1 atom stereocenters. The highest BCUT2D eigenvalue weighted by Crippen LogP contribution is 2.35. The summed E-state index contributed by atoms with van der Waals surface area (Å²) in [5.74, 6) is -1.70. The lowest BCUT2D eigenvalue weighted by atomic mass is 10.0. The van der Waals surface area contributed by atoms with Crippen molar-refractivity contribution in [1.29, 1.82) is 0 Å². The summed E-state index contributed by atoms with van der Waals surface area (Å²) in [6, 6.07) is 11.0. The van der Waals surface area contributed by atoms with E-state index < -0.39 is 17.7 Å². The second-order valence-corrected chi connectivity index (χ2v) is 6.43. The van der Waals surface area contributed by atoms with Crippen molar-refractivity contribution in [2.24, 2.45) is 7.05 Å². The van der Waals surface area contributed by atoms with Gasteiger partial charge in [-0.25, -0.2) is 8.78 Å². The third-order valence-corrected chi connectivity index (χ3v) is 4.64. The average Bonchev–Trinajstić information content (AvgIpc) is 3.20. The topological polar surface area (TPSA) is 56.2 Å². The number of nitrogens with zero attached hydrogens (tertiary/aromatic N) is 2. The van der Waals surface area contributed by atoms with Crippen LogP contribution in [0.15, 0.2) is 48.7 Å². The van der Waals surface area contributed by atoms with E-state index in [0.29, 0.717) is 12.0 Å². The molecule has 1 aromatic heterocycles. The molecular formula is C20H17F2N3O2. The number of amides is 1. The molecule has 0 spiro atoms. The van der Waals surface area contributed by atoms with E-state index >= 15 is 0 Å². The molecule has 7 heteroatoms. The number of rotatable bonds is 4. The number of aryl methyl sites for hydroxylation is 1. The molecule has 0 aliphatic carbocycles. The van der Waals surface area contributed by atoms with E-state index in [-0.39, 0.29) is 23.8 Å². The van der Waals surface area contributed by atoms with Crippen LogP contribution in [0.25, 0.3) is 0 Å². The Labute approximate surface area is 154 Å². The molecule has 138 valence electrons. The summed E-state index contributed by atoms with van der Waals surface area (Å²) >= 11 is 0. The van der Waals surface area contributed by atoms with Crippen LogP contribution in [0.1, 0.15) is 33.2 Å². The molecule has 2 heterocycles. The maximum Gasteiger partial charge on any atom is 0.255 e.